The first kappa shape index (κ1) is 13.8. The maximum Gasteiger partial charge on any atom is 0.0424 e. The Hall–Kier alpha value is -0.240. The summed E-state index contributed by atoms with van der Waals surface area (Å²) in [7, 11) is 0. The first-order chi connectivity index (χ1) is 7.52. The molecule has 16 heavy (non-hydrogen) atoms. The topological polar surface area (TPSA) is 26.0 Å². The van der Waals surface area contributed by atoms with Gasteiger partial charge in [0.1, 0.15) is 0 Å². The van der Waals surface area contributed by atoms with Crippen molar-refractivity contribution in [1.82, 2.24) is 0 Å². The average Bonchev–Trinajstić information content (AvgIpc) is 2.16. The molecule has 1 rings (SSSR count). The summed E-state index contributed by atoms with van der Waals surface area (Å²) in [5, 5.41) is 1.31. The van der Waals surface area contributed by atoms with Gasteiger partial charge in [0.05, 0.1) is 0 Å². The Morgan fingerprint density at radius 2 is 1.75 bits per heavy atom. The molecule has 1 aromatic carbocycles. The van der Waals surface area contributed by atoms with Crippen LogP contribution in [-0.2, 0) is 0 Å². The molecule has 0 spiro atoms. The monoisotopic (exact) mass is 259 g/mol. The van der Waals surface area contributed by atoms with Gasteiger partial charge in [-0.3, -0.25) is 0 Å². The van der Waals surface area contributed by atoms with Crippen molar-refractivity contribution in [1.29, 1.82) is 0 Å². The second kappa shape index (κ2) is 6.48. The third-order valence-corrected chi connectivity index (χ3v) is 3.19. The molecule has 2 atom stereocenters. The highest BCUT2D eigenvalue weighted by Crippen LogP contribution is 2.26. The zero-order chi connectivity index (χ0) is 12.1. The lowest BCUT2D eigenvalue weighted by molar-refractivity contribution is 0.440. The molecule has 0 saturated heterocycles. The molecule has 3 heteroatoms. The molecule has 0 bridgehead atoms. The fraction of sp³-hybridized carbons (Fsp3) is 0.538. The second-order valence-corrected chi connectivity index (χ2v) is 5.31. The zero-order valence-corrected chi connectivity index (χ0v) is 11.4. The van der Waals surface area contributed by atoms with Crippen molar-refractivity contribution in [2.75, 3.05) is 0 Å². The van der Waals surface area contributed by atoms with Crippen LogP contribution >= 0.6 is 23.2 Å². The molecule has 2 N–H and O–H groups in total. The minimum absolute atomic E-state index is 0.0257. The van der Waals surface area contributed by atoms with Crippen molar-refractivity contribution in [3.05, 3.63) is 33.8 Å². The Morgan fingerprint density at radius 3 is 2.25 bits per heavy atom. The van der Waals surface area contributed by atoms with E-state index in [4.69, 9.17) is 28.9 Å². The molecular formula is C13H19Cl2N. The Labute approximate surface area is 108 Å². The van der Waals surface area contributed by atoms with Gasteiger partial charge in [0.15, 0.2) is 0 Å². The van der Waals surface area contributed by atoms with E-state index < -0.39 is 0 Å². The normalized spacial score (nSPS) is 14.8. The Morgan fingerprint density at radius 1 is 1.19 bits per heavy atom. The highest BCUT2D eigenvalue weighted by Gasteiger charge is 2.11. The molecule has 1 aromatic rings. The van der Waals surface area contributed by atoms with Crippen LogP contribution in [0.25, 0.3) is 0 Å². The van der Waals surface area contributed by atoms with Gasteiger partial charge in [0, 0.05) is 16.1 Å². The van der Waals surface area contributed by atoms with Gasteiger partial charge >= 0.3 is 0 Å². The molecule has 0 fully saturated rings. The first-order valence-corrected chi connectivity index (χ1v) is 6.50. The van der Waals surface area contributed by atoms with E-state index in [0.717, 1.165) is 12.0 Å². The summed E-state index contributed by atoms with van der Waals surface area (Å²) in [6.07, 6.45) is 3.39. The number of nitrogens with two attached hydrogens (primary N) is 1. The average molecular weight is 260 g/mol. The third kappa shape index (κ3) is 4.32. The molecule has 0 heterocycles. The summed E-state index contributed by atoms with van der Waals surface area (Å²) in [5.41, 5.74) is 7.17. The van der Waals surface area contributed by atoms with Gasteiger partial charge in [0.2, 0.25) is 0 Å². The maximum atomic E-state index is 6.15. The minimum Gasteiger partial charge on any atom is -0.324 e. The summed E-state index contributed by atoms with van der Waals surface area (Å²) in [6.45, 7) is 4.42. The molecule has 1 nitrogen and oxygen atoms in total. The van der Waals surface area contributed by atoms with E-state index in [1.54, 1.807) is 6.07 Å². The molecule has 0 aromatic heterocycles. The summed E-state index contributed by atoms with van der Waals surface area (Å²) in [4.78, 5) is 0. The third-order valence-electron chi connectivity index (χ3n) is 2.75. The van der Waals surface area contributed by atoms with E-state index in [1.165, 1.54) is 12.8 Å². The van der Waals surface area contributed by atoms with Crippen LogP contribution in [0.1, 0.15) is 44.7 Å². The van der Waals surface area contributed by atoms with Crippen LogP contribution in [0.2, 0.25) is 10.0 Å². The van der Waals surface area contributed by atoms with E-state index in [1.807, 2.05) is 12.1 Å². The fourth-order valence-electron chi connectivity index (χ4n) is 1.97. The molecule has 2 unspecified atom stereocenters. The van der Waals surface area contributed by atoms with Crippen LogP contribution < -0.4 is 5.73 Å². The molecule has 0 aliphatic rings. The Bertz CT molecular complexity index is 318. The summed E-state index contributed by atoms with van der Waals surface area (Å²) < 4.78 is 0. The van der Waals surface area contributed by atoms with Gasteiger partial charge < -0.3 is 5.73 Å². The first-order valence-electron chi connectivity index (χ1n) is 5.74. The number of rotatable bonds is 5. The van der Waals surface area contributed by atoms with Crippen molar-refractivity contribution in [3.8, 4) is 0 Å². The fourth-order valence-corrected chi connectivity index (χ4v) is 2.51. The van der Waals surface area contributed by atoms with Crippen molar-refractivity contribution in [3.63, 3.8) is 0 Å². The van der Waals surface area contributed by atoms with Gasteiger partial charge in [0.25, 0.3) is 0 Å². The number of hydrogen-bond donors (Lipinski definition) is 1. The number of benzene rings is 1. The van der Waals surface area contributed by atoms with Gasteiger partial charge in [-0.2, -0.15) is 0 Å². The lowest BCUT2D eigenvalue weighted by Crippen LogP contribution is -2.14. The summed E-state index contributed by atoms with van der Waals surface area (Å²) in [5.74, 6) is 0.637. The smallest absolute Gasteiger partial charge is 0.0424 e. The van der Waals surface area contributed by atoms with Crippen molar-refractivity contribution in [2.24, 2.45) is 11.7 Å². The standard InChI is InChI=1S/C13H19Cl2N/c1-3-4-9(2)5-13(16)10-6-11(14)8-12(15)7-10/h6-9,13H,3-5,16H2,1-2H3. The SMILES string of the molecule is CCCC(C)CC(N)c1cc(Cl)cc(Cl)c1. The summed E-state index contributed by atoms with van der Waals surface area (Å²) in [6, 6.07) is 5.56. The number of halogens is 2. The molecule has 0 radical (unpaired) electrons. The second-order valence-electron chi connectivity index (χ2n) is 4.44. The molecule has 0 amide bonds. The van der Waals surface area contributed by atoms with Crippen molar-refractivity contribution in [2.45, 2.75) is 39.2 Å². The largest absolute Gasteiger partial charge is 0.324 e. The van der Waals surface area contributed by atoms with Crippen molar-refractivity contribution < 1.29 is 0 Å². The van der Waals surface area contributed by atoms with E-state index in [0.29, 0.717) is 16.0 Å². The van der Waals surface area contributed by atoms with E-state index >= 15 is 0 Å². The highest BCUT2D eigenvalue weighted by atomic mass is 35.5. The van der Waals surface area contributed by atoms with Crippen LogP contribution in [-0.4, -0.2) is 0 Å². The lowest BCUT2D eigenvalue weighted by atomic mass is 9.94. The zero-order valence-electron chi connectivity index (χ0n) is 9.84. The van der Waals surface area contributed by atoms with Gasteiger partial charge in [-0.25, -0.2) is 0 Å². The highest BCUT2D eigenvalue weighted by molar-refractivity contribution is 6.34. The predicted octanol–water partition coefficient (Wildman–Crippen LogP) is 4.82. The molecular weight excluding hydrogens is 241 g/mol. The van der Waals surface area contributed by atoms with E-state index in [-0.39, 0.29) is 6.04 Å². The van der Waals surface area contributed by atoms with Crippen molar-refractivity contribution >= 4 is 23.2 Å². The maximum absolute atomic E-state index is 6.15. The Kier molecular flexibility index (Phi) is 5.60. The molecule has 90 valence electrons. The molecule has 0 saturated carbocycles. The molecule has 0 aliphatic heterocycles. The van der Waals surface area contributed by atoms with E-state index in [2.05, 4.69) is 13.8 Å². The number of hydrogen-bond acceptors (Lipinski definition) is 1. The van der Waals surface area contributed by atoms with Gasteiger partial charge in [-0.1, -0.05) is 49.9 Å². The summed E-state index contributed by atoms with van der Waals surface area (Å²) >= 11 is 11.9. The van der Waals surface area contributed by atoms with Crippen LogP contribution in [0.5, 0.6) is 0 Å². The van der Waals surface area contributed by atoms with Crippen LogP contribution in [0.4, 0.5) is 0 Å². The van der Waals surface area contributed by atoms with Crippen LogP contribution in [0, 0.1) is 5.92 Å². The minimum atomic E-state index is 0.0257. The van der Waals surface area contributed by atoms with Gasteiger partial charge in [-0.05, 0) is 36.1 Å². The van der Waals surface area contributed by atoms with Gasteiger partial charge in [-0.15, -0.1) is 0 Å². The lowest BCUT2D eigenvalue weighted by Gasteiger charge is -2.17. The Balaban J connectivity index is 2.68. The van der Waals surface area contributed by atoms with Crippen LogP contribution in [0.3, 0.4) is 0 Å². The predicted molar refractivity (Wildman–Crippen MR) is 72.1 cm³/mol. The van der Waals surface area contributed by atoms with Crippen LogP contribution in [0.15, 0.2) is 18.2 Å². The molecule has 0 aliphatic carbocycles. The quantitative estimate of drug-likeness (QED) is 0.807. The van der Waals surface area contributed by atoms with E-state index in [9.17, 15) is 0 Å².